The second-order valence-corrected chi connectivity index (χ2v) is 4.15. The first-order valence-electron chi connectivity index (χ1n) is 4.47. The first-order valence-corrected chi connectivity index (χ1v) is 5.26. The molecule has 0 aromatic heterocycles. The number of carbonyl (C=O) groups is 1. The summed E-state index contributed by atoms with van der Waals surface area (Å²) in [5, 5.41) is 36.5. The fourth-order valence-corrected chi connectivity index (χ4v) is 1.64. The Bertz CT molecular complexity index is 393. The molecule has 1 aromatic rings. The van der Waals surface area contributed by atoms with Crippen LogP contribution in [0.3, 0.4) is 0 Å². The summed E-state index contributed by atoms with van der Waals surface area (Å²) in [4.78, 5) is 10.9. The third-order valence-electron chi connectivity index (χ3n) is 2.12. The third-order valence-corrected chi connectivity index (χ3v) is 2.61. The van der Waals surface area contributed by atoms with Crippen LogP contribution in [0.4, 0.5) is 0 Å². The van der Waals surface area contributed by atoms with Crippen LogP contribution in [0, 0.1) is 0 Å². The number of benzene rings is 1. The fraction of sp³-hybridized carbons (Fsp3) is 0.300. The zero-order valence-electron chi connectivity index (χ0n) is 8.17. The van der Waals surface area contributed by atoms with Gasteiger partial charge in [-0.3, -0.25) is 0 Å². The molecule has 0 saturated heterocycles. The monoisotopic (exact) mass is 290 g/mol. The first-order chi connectivity index (χ1) is 7.47. The van der Waals surface area contributed by atoms with E-state index in [1.54, 1.807) is 6.07 Å². The van der Waals surface area contributed by atoms with Crippen molar-refractivity contribution in [1.82, 2.24) is 0 Å². The molecule has 88 valence electrons. The molecule has 4 N–H and O–H groups in total. The number of carboxylic acid groups (broad SMARTS) is 1. The number of hydrogen-bond donors (Lipinski definition) is 4. The van der Waals surface area contributed by atoms with Crippen LogP contribution in [0.1, 0.15) is 22.0 Å². The lowest BCUT2D eigenvalue weighted by Gasteiger charge is -2.17. The summed E-state index contributed by atoms with van der Waals surface area (Å²) in [6, 6.07) is 4.26. The predicted molar refractivity (Wildman–Crippen MR) is 59.2 cm³/mol. The third kappa shape index (κ3) is 2.79. The lowest BCUT2D eigenvalue weighted by Crippen LogP contribution is -2.23. The Morgan fingerprint density at radius 1 is 1.38 bits per heavy atom. The smallest absolute Gasteiger partial charge is 0.336 e. The molecule has 2 atom stereocenters. The van der Waals surface area contributed by atoms with E-state index in [1.165, 1.54) is 12.1 Å². The van der Waals surface area contributed by atoms with Gasteiger partial charge in [-0.15, -0.1) is 0 Å². The van der Waals surface area contributed by atoms with E-state index < -0.39 is 24.8 Å². The summed E-state index contributed by atoms with van der Waals surface area (Å²) < 4.78 is 0.555. The predicted octanol–water partition coefficient (Wildman–Crippen LogP) is 0.534. The Labute approximate surface area is 100 Å². The van der Waals surface area contributed by atoms with Gasteiger partial charge in [-0.1, -0.05) is 22.0 Å². The minimum atomic E-state index is -1.43. The lowest BCUT2D eigenvalue weighted by atomic mass is 9.99. The van der Waals surface area contributed by atoms with E-state index in [9.17, 15) is 15.0 Å². The van der Waals surface area contributed by atoms with E-state index >= 15 is 0 Å². The second kappa shape index (κ2) is 5.40. The van der Waals surface area contributed by atoms with Gasteiger partial charge in [0.2, 0.25) is 0 Å². The van der Waals surface area contributed by atoms with Crippen molar-refractivity contribution in [3.63, 3.8) is 0 Å². The van der Waals surface area contributed by atoms with Crippen LogP contribution in [0.2, 0.25) is 0 Å². The van der Waals surface area contributed by atoms with E-state index in [0.29, 0.717) is 4.47 Å². The highest BCUT2D eigenvalue weighted by Gasteiger charge is 2.23. The minimum absolute atomic E-state index is 0.0669. The van der Waals surface area contributed by atoms with Crippen LogP contribution in [-0.2, 0) is 0 Å². The van der Waals surface area contributed by atoms with Gasteiger partial charge in [0.25, 0.3) is 0 Å². The van der Waals surface area contributed by atoms with Gasteiger partial charge in [-0.25, -0.2) is 4.79 Å². The summed E-state index contributed by atoms with van der Waals surface area (Å²) in [6.07, 6.45) is -2.83. The van der Waals surface area contributed by atoms with Crippen molar-refractivity contribution in [2.75, 3.05) is 6.61 Å². The number of aliphatic hydroxyl groups is 3. The van der Waals surface area contributed by atoms with Gasteiger partial charge >= 0.3 is 5.97 Å². The molecule has 0 spiro atoms. The normalized spacial score (nSPS) is 14.5. The van der Waals surface area contributed by atoms with Gasteiger partial charge in [0.15, 0.2) is 0 Å². The Hall–Kier alpha value is -0.950. The van der Waals surface area contributed by atoms with Crippen LogP contribution in [0.25, 0.3) is 0 Å². The zero-order valence-corrected chi connectivity index (χ0v) is 9.75. The standard InChI is InChI=1S/C10H11BrO5/c11-5-1-2-6(7(3-5)10(15)16)9(14)8(13)4-12/h1-3,8-9,12-14H,4H2,(H,15,16). The van der Waals surface area contributed by atoms with Crippen molar-refractivity contribution in [1.29, 1.82) is 0 Å². The van der Waals surface area contributed by atoms with E-state index in [2.05, 4.69) is 15.9 Å². The molecule has 0 aliphatic rings. The van der Waals surface area contributed by atoms with Gasteiger partial charge in [-0.05, 0) is 17.7 Å². The number of halogens is 1. The molecule has 0 aliphatic heterocycles. The molecule has 1 rings (SSSR count). The summed E-state index contributed by atoms with van der Waals surface area (Å²) in [5.41, 5.74) is -0.0494. The van der Waals surface area contributed by atoms with Gasteiger partial charge in [0.1, 0.15) is 12.2 Å². The molecule has 6 heteroatoms. The van der Waals surface area contributed by atoms with Crippen molar-refractivity contribution in [2.24, 2.45) is 0 Å². The van der Waals surface area contributed by atoms with Crippen molar-refractivity contribution in [3.05, 3.63) is 33.8 Å². The lowest BCUT2D eigenvalue weighted by molar-refractivity contribution is -0.0158. The SMILES string of the molecule is O=C(O)c1cc(Br)ccc1C(O)C(O)CO. The average molecular weight is 291 g/mol. The molecule has 2 unspecified atom stereocenters. The van der Waals surface area contributed by atoms with Gasteiger partial charge in [-0.2, -0.15) is 0 Å². The minimum Gasteiger partial charge on any atom is -0.478 e. The summed E-state index contributed by atoms with van der Waals surface area (Å²) in [6.45, 7) is -0.643. The number of aromatic carboxylic acids is 1. The summed E-state index contributed by atoms with van der Waals surface area (Å²) in [7, 11) is 0. The summed E-state index contributed by atoms with van der Waals surface area (Å²) >= 11 is 3.11. The highest BCUT2D eigenvalue weighted by atomic mass is 79.9. The van der Waals surface area contributed by atoms with E-state index in [-0.39, 0.29) is 11.1 Å². The van der Waals surface area contributed by atoms with Gasteiger partial charge < -0.3 is 20.4 Å². The largest absolute Gasteiger partial charge is 0.478 e. The van der Waals surface area contributed by atoms with Gasteiger partial charge in [0, 0.05) is 4.47 Å². The van der Waals surface area contributed by atoms with E-state index in [0.717, 1.165) is 0 Å². The molecule has 0 amide bonds. The van der Waals surface area contributed by atoms with Crippen LogP contribution >= 0.6 is 15.9 Å². The molecule has 0 fully saturated rings. The number of hydrogen-bond acceptors (Lipinski definition) is 4. The molecular weight excluding hydrogens is 280 g/mol. The van der Waals surface area contributed by atoms with Crippen LogP contribution in [0.5, 0.6) is 0 Å². The zero-order chi connectivity index (χ0) is 12.3. The molecule has 1 aromatic carbocycles. The maximum Gasteiger partial charge on any atom is 0.336 e. The molecule has 0 radical (unpaired) electrons. The fourth-order valence-electron chi connectivity index (χ4n) is 1.28. The van der Waals surface area contributed by atoms with E-state index in [4.69, 9.17) is 10.2 Å². The molecule has 0 bridgehead atoms. The van der Waals surface area contributed by atoms with Crippen molar-refractivity contribution >= 4 is 21.9 Å². The molecule has 16 heavy (non-hydrogen) atoms. The van der Waals surface area contributed by atoms with Crippen molar-refractivity contribution in [3.8, 4) is 0 Å². The topological polar surface area (TPSA) is 98.0 Å². The average Bonchev–Trinajstić information content (AvgIpc) is 2.26. The Balaban J connectivity index is 3.17. The van der Waals surface area contributed by atoms with Crippen LogP contribution in [0.15, 0.2) is 22.7 Å². The maximum atomic E-state index is 10.9. The quantitative estimate of drug-likeness (QED) is 0.649. The van der Waals surface area contributed by atoms with E-state index in [1.807, 2.05) is 0 Å². The van der Waals surface area contributed by atoms with Gasteiger partial charge in [0.05, 0.1) is 12.2 Å². The highest BCUT2D eigenvalue weighted by molar-refractivity contribution is 9.10. The highest BCUT2D eigenvalue weighted by Crippen LogP contribution is 2.24. The second-order valence-electron chi connectivity index (χ2n) is 3.23. The van der Waals surface area contributed by atoms with Crippen LogP contribution in [-0.4, -0.2) is 39.1 Å². The molecule has 0 heterocycles. The van der Waals surface area contributed by atoms with Crippen molar-refractivity contribution < 1.29 is 25.2 Å². The number of carboxylic acids is 1. The Morgan fingerprint density at radius 3 is 2.50 bits per heavy atom. The van der Waals surface area contributed by atoms with Crippen LogP contribution < -0.4 is 0 Å². The number of rotatable bonds is 4. The molecule has 5 nitrogen and oxygen atoms in total. The molecular formula is C10H11BrO5. The maximum absolute atomic E-state index is 10.9. The van der Waals surface area contributed by atoms with Crippen molar-refractivity contribution in [2.45, 2.75) is 12.2 Å². The first kappa shape index (κ1) is 13.1. The Morgan fingerprint density at radius 2 is 2.00 bits per heavy atom. The molecule has 0 aliphatic carbocycles. The number of aliphatic hydroxyl groups excluding tert-OH is 3. The summed E-state index contributed by atoms with van der Waals surface area (Å²) in [5.74, 6) is -1.21. The Kier molecular flexibility index (Phi) is 4.43. The molecule has 0 saturated carbocycles.